The first kappa shape index (κ1) is 21.3. The zero-order chi connectivity index (χ0) is 20.8. The lowest BCUT2D eigenvalue weighted by atomic mass is 10.1. The van der Waals surface area contributed by atoms with E-state index in [1.807, 2.05) is 0 Å². The number of nitrogens with zero attached hydrogens (tertiary/aromatic N) is 4. The highest BCUT2D eigenvalue weighted by atomic mass is 16.2. The average molecular weight is 410 g/mol. The van der Waals surface area contributed by atoms with Gasteiger partial charge in [0.1, 0.15) is 6.04 Å². The van der Waals surface area contributed by atoms with Crippen LogP contribution in [0.5, 0.6) is 0 Å². The number of carbonyl (C=O) groups excluding carboxylic acids is 1. The van der Waals surface area contributed by atoms with Gasteiger partial charge in [0.25, 0.3) is 0 Å². The molecule has 6 heteroatoms. The summed E-state index contributed by atoms with van der Waals surface area (Å²) in [5, 5.41) is 12.7. The largest absolute Gasteiger partial charge is 0.326 e. The summed E-state index contributed by atoms with van der Waals surface area (Å²) < 4.78 is 0. The highest BCUT2D eigenvalue weighted by Gasteiger charge is 2.31. The molecule has 0 bridgehead atoms. The Balaban J connectivity index is 1.13. The molecule has 6 nitrogen and oxygen atoms in total. The van der Waals surface area contributed by atoms with E-state index in [1.165, 1.54) is 24.9 Å². The number of nitrogens with one attached hydrogen (secondary N) is 1. The maximum absolute atomic E-state index is 12.4. The highest BCUT2D eigenvalue weighted by Crippen LogP contribution is 2.27. The maximum atomic E-state index is 12.4. The van der Waals surface area contributed by atoms with E-state index in [4.69, 9.17) is 0 Å². The van der Waals surface area contributed by atoms with Crippen LogP contribution in [-0.2, 0) is 11.3 Å². The predicted molar refractivity (Wildman–Crippen MR) is 118 cm³/mol. The Morgan fingerprint density at radius 1 is 1.03 bits per heavy atom. The zero-order valence-electron chi connectivity index (χ0n) is 18.0. The van der Waals surface area contributed by atoms with Gasteiger partial charge in [0.15, 0.2) is 0 Å². The molecular formula is C24H35N5O. The molecule has 0 radical (unpaired) electrons. The van der Waals surface area contributed by atoms with Gasteiger partial charge >= 0.3 is 0 Å². The number of hydrogen-bond donors (Lipinski definition) is 1. The maximum Gasteiger partial charge on any atom is 0.237 e. The van der Waals surface area contributed by atoms with Gasteiger partial charge in [-0.25, -0.2) is 0 Å². The third kappa shape index (κ3) is 5.60. The normalized spacial score (nSPS) is 28.0. The molecule has 3 fully saturated rings. The Hall–Kier alpha value is -1.94. The fourth-order valence-corrected chi connectivity index (χ4v) is 5.30. The molecule has 162 valence electrons. The summed E-state index contributed by atoms with van der Waals surface area (Å²) in [5.41, 5.74) is 1.40. The van der Waals surface area contributed by atoms with E-state index in [9.17, 15) is 10.1 Å². The van der Waals surface area contributed by atoms with Crippen LogP contribution in [0.3, 0.4) is 0 Å². The molecule has 1 amide bonds. The van der Waals surface area contributed by atoms with Crippen LogP contribution in [0.15, 0.2) is 30.3 Å². The second kappa shape index (κ2) is 10.4. The van der Waals surface area contributed by atoms with Crippen molar-refractivity contribution in [2.24, 2.45) is 5.92 Å². The standard InChI is InChI=1S/C24H35N5O/c25-16-23-7-4-10-29(23)24(30)17-26-22-9-8-21(15-22)19-28-13-11-27(12-14-28)18-20-5-2-1-3-6-20/h1-3,5-6,21-23,26H,4,7-15,17-19H2/t21-,22+,23-/m0/s1. The Kier molecular flexibility index (Phi) is 7.37. The van der Waals surface area contributed by atoms with Crippen molar-refractivity contribution in [2.75, 3.05) is 45.8 Å². The number of nitriles is 1. The summed E-state index contributed by atoms with van der Waals surface area (Å²) in [6, 6.07) is 13.2. The quantitative estimate of drug-likeness (QED) is 0.747. The Morgan fingerprint density at radius 2 is 1.80 bits per heavy atom. The molecule has 1 aliphatic carbocycles. The summed E-state index contributed by atoms with van der Waals surface area (Å²) in [6.07, 6.45) is 5.36. The van der Waals surface area contributed by atoms with Crippen LogP contribution in [0.25, 0.3) is 0 Å². The number of likely N-dealkylation sites (tertiary alicyclic amines) is 1. The van der Waals surface area contributed by atoms with Gasteiger partial charge in [-0.2, -0.15) is 5.26 Å². The molecule has 2 saturated heterocycles. The van der Waals surface area contributed by atoms with Crippen LogP contribution in [0.4, 0.5) is 0 Å². The number of hydrogen-bond acceptors (Lipinski definition) is 5. The summed E-state index contributed by atoms with van der Waals surface area (Å²) >= 11 is 0. The second-order valence-electron chi connectivity index (χ2n) is 9.19. The summed E-state index contributed by atoms with van der Waals surface area (Å²) in [6.45, 7) is 7.97. The number of amides is 1. The summed E-state index contributed by atoms with van der Waals surface area (Å²) in [4.78, 5) is 19.4. The first-order chi connectivity index (χ1) is 14.7. The lowest BCUT2D eigenvalue weighted by Crippen LogP contribution is -2.47. The molecular weight excluding hydrogens is 374 g/mol. The first-order valence-electron chi connectivity index (χ1n) is 11.6. The third-order valence-corrected chi connectivity index (χ3v) is 7.04. The van der Waals surface area contributed by atoms with Crippen molar-refractivity contribution in [3.05, 3.63) is 35.9 Å². The molecule has 0 spiro atoms. The molecule has 1 N–H and O–H groups in total. The van der Waals surface area contributed by atoms with E-state index in [0.29, 0.717) is 12.6 Å². The van der Waals surface area contributed by atoms with Crippen molar-refractivity contribution in [1.82, 2.24) is 20.0 Å². The smallest absolute Gasteiger partial charge is 0.237 e. The molecule has 2 aliphatic heterocycles. The molecule has 1 aromatic carbocycles. The predicted octanol–water partition coefficient (Wildman–Crippen LogP) is 2.08. The van der Waals surface area contributed by atoms with Crippen molar-refractivity contribution >= 4 is 5.91 Å². The van der Waals surface area contributed by atoms with Crippen LogP contribution in [-0.4, -0.2) is 78.5 Å². The Labute approximate surface area is 180 Å². The lowest BCUT2D eigenvalue weighted by molar-refractivity contribution is -0.130. The van der Waals surface area contributed by atoms with Gasteiger partial charge in [0.05, 0.1) is 12.6 Å². The van der Waals surface area contributed by atoms with Crippen LogP contribution in [0, 0.1) is 17.2 Å². The first-order valence-corrected chi connectivity index (χ1v) is 11.6. The number of piperazine rings is 1. The fraction of sp³-hybridized carbons (Fsp3) is 0.667. The van der Waals surface area contributed by atoms with Crippen LogP contribution < -0.4 is 5.32 Å². The third-order valence-electron chi connectivity index (χ3n) is 7.04. The number of rotatable bonds is 7. The van der Waals surface area contributed by atoms with Gasteiger partial charge in [-0.05, 0) is 43.6 Å². The molecule has 4 rings (SSSR count). The van der Waals surface area contributed by atoms with Gasteiger partial charge < -0.3 is 15.1 Å². The van der Waals surface area contributed by atoms with E-state index >= 15 is 0 Å². The van der Waals surface area contributed by atoms with Crippen LogP contribution in [0.1, 0.15) is 37.7 Å². The van der Waals surface area contributed by atoms with Gasteiger partial charge in [0, 0.05) is 51.9 Å². The van der Waals surface area contributed by atoms with Gasteiger partial charge in [0.2, 0.25) is 5.91 Å². The SMILES string of the molecule is N#C[C@@H]1CCCN1C(=O)CN[C@@H]1CC[C@H](CN2CCN(Cc3ccccc3)CC2)C1. The minimum Gasteiger partial charge on any atom is -0.326 e. The van der Waals surface area contributed by atoms with Gasteiger partial charge in [-0.1, -0.05) is 30.3 Å². The van der Waals surface area contributed by atoms with Crippen LogP contribution in [0.2, 0.25) is 0 Å². The Bertz CT molecular complexity index is 725. The molecule has 3 aliphatic rings. The average Bonchev–Trinajstić information content (AvgIpc) is 3.43. The fourth-order valence-electron chi connectivity index (χ4n) is 5.30. The van der Waals surface area contributed by atoms with Gasteiger partial charge in [-0.3, -0.25) is 9.69 Å². The molecule has 2 heterocycles. The second-order valence-corrected chi connectivity index (χ2v) is 9.19. The van der Waals surface area contributed by atoms with Crippen molar-refractivity contribution in [1.29, 1.82) is 5.26 Å². The van der Waals surface area contributed by atoms with Crippen molar-refractivity contribution in [3.8, 4) is 6.07 Å². The van der Waals surface area contributed by atoms with E-state index < -0.39 is 0 Å². The molecule has 1 saturated carbocycles. The van der Waals surface area contributed by atoms with E-state index in [-0.39, 0.29) is 11.9 Å². The van der Waals surface area contributed by atoms with Gasteiger partial charge in [-0.15, -0.1) is 0 Å². The number of benzene rings is 1. The Morgan fingerprint density at radius 3 is 2.57 bits per heavy atom. The van der Waals surface area contributed by atoms with E-state index in [1.54, 1.807) is 4.90 Å². The van der Waals surface area contributed by atoms with Crippen molar-refractivity contribution in [2.45, 2.75) is 50.7 Å². The number of carbonyl (C=O) groups is 1. The van der Waals surface area contributed by atoms with E-state index in [0.717, 1.165) is 64.4 Å². The minimum atomic E-state index is -0.212. The molecule has 30 heavy (non-hydrogen) atoms. The summed E-state index contributed by atoms with van der Waals surface area (Å²) in [7, 11) is 0. The minimum absolute atomic E-state index is 0.0945. The zero-order valence-corrected chi connectivity index (χ0v) is 18.0. The molecule has 0 aromatic heterocycles. The molecule has 0 unspecified atom stereocenters. The summed E-state index contributed by atoms with van der Waals surface area (Å²) in [5.74, 6) is 0.828. The molecule has 3 atom stereocenters. The highest BCUT2D eigenvalue weighted by molar-refractivity contribution is 5.79. The van der Waals surface area contributed by atoms with Crippen molar-refractivity contribution in [3.63, 3.8) is 0 Å². The van der Waals surface area contributed by atoms with Crippen LogP contribution >= 0.6 is 0 Å². The topological polar surface area (TPSA) is 62.6 Å². The molecule has 1 aromatic rings. The monoisotopic (exact) mass is 409 g/mol. The van der Waals surface area contributed by atoms with Crippen molar-refractivity contribution < 1.29 is 4.79 Å². The van der Waals surface area contributed by atoms with E-state index in [2.05, 4.69) is 51.5 Å². The lowest BCUT2D eigenvalue weighted by Gasteiger charge is -2.36.